The largest absolute Gasteiger partial charge is 0.313 e. The number of benzene rings is 1. The Morgan fingerprint density at radius 2 is 1.90 bits per heavy atom. The molecule has 0 aromatic heterocycles. The summed E-state index contributed by atoms with van der Waals surface area (Å²) in [7, 11) is 0. The van der Waals surface area contributed by atoms with Gasteiger partial charge in [-0.15, -0.1) is 0 Å². The molecule has 2 nitrogen and oxygen atoms in total. The Morgan fingerprint density at radius 1 is 1.05 bits per heavy atom. The average molecular weight is 272 g/mol. The number of hydrogen-bond acceptors (Lipinski definition) is 2. The van der Waals surface area contributed by atoms with E-state index in [2.05, 4.69) is 40.5 Å². The Bertz CT molecular complexity index is 380. The highest BCUT2D eigenvalue weighted by molar-refractivity contribution is 5.14. The summed E-state index contributed by atoms with van der Waals surface area (Å²) in [5, 5.41) is 3.65. The van der Waals surface area contributed by atoms with Crippen LogP contribution in [0.2, 0.25) is 0 Å². The molecule has 2 heteroatoms. The highest BCUT2D eigenvalue weighted by Crippen LogP contribution is 2.30. The lowest BCUT2D eigenvalue weighted by Crippen LogP contribution is -2.39. The molecule has 1 aliphatic heterocycles. The highest BCUT2D eigenvalue weighted by atomic mass is 15.2. The summed E-state index contributed by atoms with van der Waals surface area (Å²) in [5.74, 6) is 1.01. The van der Waals surface area contributed by atoms with Gasteiger partial charge in [0.2, 0.25) is 0 Å². The first-order valence-electron chi connectivity index (χ1n) is 8.40. The Kier molecular flexibility index (Phi) is 5.10. The van der Waals surface area contributed by atoms with Crippen LogP contribution >= 0.6 is 0 Å². The molecule has 1 atom stereocenters. The van der Waals surface area contributed by atoms with Crippen molar-refractivity contribution in [2.45, 2.75) is 44.6 Å². The van der Waals surface area contributed by atoms with E-state index in [0.717, 1.165) is 12.0 Å². The molecule has 1 unspecified atom stereocenters. The summed E-state index contributed by atoms with van der Waals surface area (Å²) in [6.45, 7) is 5.10. The molecule has 0 radical (unpaired) electrons. The molecule has 0 spiro atoms. The van der Waals surface area contributed by atoms with E-state index in [1.807, 2.05) is 0 Å². The molecule has 1 saturated heterocycles. The summed E-state index contributed by atoms with van der Waals surface area (Å²) in [4.78, 5) is 2.73. The fourth-order valence-electron chi connectivity index (χ4n) is 3.30. The highest BCUT2D eigenvalue weighted by Gasteiger charge is 2.26. The summed E-state index contributed by atoms with van der Waals surface area (Å²) >= 11 is 0. The Hall–Kier alpha value is -0.860. The number of nitrogens with zero attached hydrogens (tertiary/aromatic N) is 1. The van der Waals surface area contributed by atoms with E-state index in [4.69, 9.17) is 0 Å². The van der Waals surface area contributed by atoms with Crippen LogP contribution in [0.25, 0.3) is 0 Å². The molecule has 1 aliphatic carbocycles. The van der Waals surface area contributed by atoms with Crippen molar-refractivity contribution in [2.75, 3.05) is 26.2 Å². The fraction of sp³-hybridized carbons (Fsp3) is 0.667. The molecule has 1 heterocycles. The van der Waals surface area contributed by atoms with Crippen LogP contribution in [0.3, 0.4) is 0 Å². The van der Waals surface area contributed by atoms with Gasteiger partial charge in [-0.3, -0.25) is 0 Å². The molecule has 1 aromatic rings. The van der Waals surface area contributed by atoms with Crippen LogP contribution in [0.1, 0.15) is 37.7 Å². The standard InChI is InChI=1S/C18H28N2/c1-2-6-16(7-3-1)8-5-13-20(14-17-10-11-17)15-18-9-4-12-19-18/h1-3,6-7,17-19H,4-5,8-15H2. The SMILES string of the molecule is c1ccc(CCCN(CC2CC2)CC2CCCN2)cc1. The lowest BCUT2D eigenvalue weighted by Gasteiger charge is -2.25. The van der Waals surface area contributed by atoms with Gasteiger partial charge in [-0.2, -0.15) is 0 Å². The molecular weight excluding hydrogens is 244 g/mol. The first-order chi connectivity index (χ1) is 9.90. The van der Waals surface area contributed by atoms with E-state index in [-0.39, 0.29) is 0 Å². The zero-order valence-corrected chi connectivity index (χ0v) is 12.6. The van der Waals surface area contributed by atoms with Gasteiger partial charge in [0.25, 0.3) is 0 Å². The zero-order chi connectivity index (χ0) is 13.6. The average Bonchev–Trinajstić information content (AvgIpc) is 3.13. The normalized spacial score (nSPS) is 22.6. The summed E-state index contributed by atoms with van der Waals surface area (Å²) in [6.07, 6.45) is 8.19. The maximum absolute atomic E-state index is 3.65. The second-order valence-electron chi connectivity index (χ2n) is 6.59. The number of hydrogen-bond donors (Lipinski definition) is 1. The number of aryl methyl sites for hydroxylation is 1. The smallest absolute Gasteiger partial charge is 0.0195 e. The molecule has 1 N–H and O–H groups in total. The van der Waals surface area contributed by atoms with Crippen LogP contribution in [-0.2, 0) is 6.42 Å². The van der Waals surface area contributed by atoms with E-state index in [0.29, 0.717) is 0 Å². The lowest BCUT2D eigenvalue weighted by molar-refractivity contribution is 0.237. The van der Waals surface area contributed by atoms with Crippen LogP contribution in [-0.4, -0.2) is 37.1 Å². The van der Waals surface area contributed by atoms with Crippen molar-refractivity contribution in [1.82, 2.24) is 10.2 Å². The number of nitrogens with one attached hydrogen (secondary N) is 1. The van der Waals surface area contributed by atoms with Gasteiger partial charge in [-0.25, -0.2) is 0 Å². The van der Waals surface area contributed by atoms with E-state index >= 15 is 0 Å². The minimum absolute atomic E-state index is 0.755. The molecule has 110 valence electrons. The third-order valence-electron chi connectivity index (χ3n) is 4.64. The van der Waals surface area contributed by atoms with Crippen LogP contribution in [0.5, 0.6) is 0 Å². The number of rotatable bonds is 8. The van der Waals surface area contributed by atoms with E-state index < -0.39 is 0 Å². The second kappa shape index (κ2) is 7.24. The third-order valence-corrected chi connectivity index (χ3v) is 4.64. The van der Waals surface area contributed by atoms with E-state index in [1.54, 1.807) is 0 Å². The van der Waals surface area contributed by atoms with Gasteiger partial charge in [0.05, 0.1) is 0 Å². The monoisotopic (exact) mass is 272 g/mol. The lowest BCUT2D eigenvalue weighted by atomic mass is 10.1. The molecule has 20 heavy (non-hydrogen) atoms. The molecule has 0 bridgehead atoms. The minimum atomic E-state index is 0.755. The van der Waals surface area contributed by atoms with Crippen molar-refractivity contribution in [3.63, 3.8) is 0 Å². The van der Waals surface area contributed by atoms with Crippen molar-refractivity contribution in [1.29, 1.82) is 0 Å². The minimum Gasteiger partial charge on any atom is -0.313 e. The Morgan fingerprint density at radius 3 is 2.60 bits per heavy atom. The Labute approximate surface area is 123 Å². The van der Waals surface area contributed by atoms with E-state index in [9.17, 15) is 0 Å². The van der Waals surface area contributed by atoms with Crippen LogP contribution < -0.4 is 5.32 Å². The maximum Gasteiger partial charge on any atom is 0.0195 e. The first kappa shape index (κ1) is 14.1. The van der Waals surface area contributed by atoms with Gasteiger partial charge < -0.3 is 10.2 Å². The molecule has 2 fully saturated rings. The predicted molar refractivity (Wildman–Crippen MR) is 85.0 cm³/mol. The molecule has 0 amide bonds. The summed E-state index contributed by atoms with van der Waals surface area (Å²) in [5.41, 5.74) is 1.48. The Balaban J connectivity index is 1.42. The quantitative estimate of drug-likeness (QED) is 0.782. The zero-order valence-electron chi connectivity index (χ0n) is 12.6. The molecule has 1 saturated carbocycles. The summed E-state index contributed by atoms with van der Waals surface area (Å²) in [6, 6.07) is 11.7. The van der Waals surface area contributed by atoms with Gasteiger partial charge >= 0.3 is 0 Å². The second-order valence-corrected chi connectivity index (χ2v) is 6.59. The van der Waals surface area contributed by atoms with Crippen molar-refractivity contribution in [2.24, 2.45) is 5.92 Å². The van der Waals surface area contributed by atoms with Gasteiger partial charge in [0.15, 0.2) is 0 Å². The van der Waals surface area contributed by atoms with Crippen molar-refractivity contribution < 1.29 is 0 Å². The van der Waals surface area contributed by atoms with Crippen LogP contribution in [0, 0.1) is 5.92 Å². The van der Waals surface area contributed by atoms with E-state index in [1.165, 1.54) is 70.3 Å². The van der Waals surface area contributed by atoms with Gasteiger partial charge in [-0.05, 0) is 63.1 Å². The fourth-order valence-corrected chi connectivity index (χ4v) is 3.30. The summed E-state index contributed by atoms with van der Waals surface area (Å²) < 4.78 is 0. The molecule has 1 aromatic carbocycles. The van der Waals surface area contributed by atoms with Crippen molar-refractivity contribution in [3.8, 4) is 0 Å². The van der Waals surface area contributed by atoms with Gasteiger partial charge in [0, 0.05) is 19.1 Å². The van der Waals surface area contributed by atoms with Gasteiger partial charge in [-0.1, -0.05) is 30.3 Å². The first-order valence-corrected chi connectivity index (χ1v) is 8.40. The topological polar surface area (TPSA) is 15.3 Å². The predicted octanol–water partition coefficient (Wildman–Crippen LogP) is 3.08. The molecular formula is C18H28N2. The van der Waals surface area contributed by atoms with Crippen molar-refractivity contribution >= 4 is 0 Å². The maximum atomic E-state index is 3.65. The van der Waals surface area contributed by atoms with Crippen LogP contribution in [0.15, 0.2) is 30.3 Å². The molecule has 3 rings (SSSR count). The molecule has 2 aliphatic rings. The van der Waals surface area contributed by atoms with Gasteiger partial charge in [0.1, 0.15) is 0 Å². The third kappa shape index (κ3) is 4.60. The van der Waals surface area contributed by atoms with Crippen LogP contribution in [0.4, 0.5) is 0 Å². The van der Waals surface area contributed by atoms with Crippen molar-refractivity contribution in [3.05, 3.63) is 35.9 Å².